The average molecular weight is 427 g/mol. The number of nitrogens with zero attached hydrogens (tertiary/aromatic N) is 4. The lowest BCUT2D eigenvalue weighted by Crippen LogP contribution is -2.49. The summed E-state index contributed by atoms with van der Waals surface area (Å²) < 4.78 is 5.82. The van der Waals surface area contributed by atoms with Crippen molar-refractivity contribution in [1.29, 1.82) is 0 Å². The van der Waals surface area contributed by atoms with Crippen LogP contribution >= 0.6 is 0 Å². The van der Waals surface area contributed by atoms with Crippen molar-refractivity contribution in [3.63, 3.8) is 0 Å². The number of nitrogens with one attached hydrogen (secondary N) is 2. The average Bonchev–Trinajstić information content (AvgIpc) is 2.77. The number of ether oxygens (including phenoxy) is 1. The van der Waals surface area contributed by atoms with Crippen molar-refractivity contribution in [3.05, 3.63) is 53.9 Å². The lowest BCUT2D eigenvalue weighted by atomic mass is 10.1. The van der Waals surface area contributed by atoms with Crippen LogP contribution in [0.4, 0.5) is 10.7 Å². The minimum absolute atomic E-state index is 0.146. The van der Waals surface area contributed by atoms with E-state index in [0.29, 0.717) is 19.7 Å². The first kappa shape index (κ1) is 23.0. The first-order valence-corrected chi connectivity index (χ1v) is 10.9. The van der Waals surface area contributed by atoms with Crippen molar-refractivity contribution in [3.8, 4) is 0 Å². The Labute approximate surface area is 185 Å². The fourth-order valence-electron chi connectivity index (χ4n) is 3.33. The molecular weight excluding hydrogens is 392 g/mol. The van der Waals surface area contributed by atoms with Gasteiger partial charge in [-0.15, -0.1) is 0 Å². The van der Waals surface area contributed by atoms with Gasteiger partial charge in [-0.05, 0) is 38.0 Å². The molecule has 1 aromatic heterocycles. The zero-order valence-corrected chi connectivity index (χ0v) is 18.8. The Kier molecular flexibility index (Phi) is 8.20. The van der Waals surface area contributed by atoms with Crippen molar-refractivity contribution in [2.75, 3.05) is 44.2 Å². The third-order valence-corrected chi connectivity index (χ3v) is 5.04. The van der Waals surface area contributed by atoms with Gasteiger partial charge in [-0.1, -0.05) is 24.3 Å². The molecule has 2 amide bonds. The Morgan fingerprint density at radius 2 is 1.74 bits per heavy atom. The highest BCUT2D eigenvalue weighted by atomic mass is 16.5. The summed E-state index contributed by atoms with van der Waals surface area (Å²) in [7, 11) is 0. The molecule has 31 heavy (non-hydrogen) atoms. The normalized spacial score (nSPS) is 15.0. The van der Waals surface area contributed by atoms with Crippen LogP contribution in [0.2, 0.25) is 0 Å². The maximum Gasteiger partial charge on any atom is 0.315 e. The third kappa shape index (κ3) is 8.15. The lowest BCUT2D eigenvalue weighted by Gasteiger charge is -2.34. The maximum atomic E-state index is 12.1. The molecule has 168 valence electrons. The van der Waals surface area contributed by atoms with Crippen molar-refractivity contribution < 1.29 is 9.53 Å². The number of urea groups is 1. The van der Waals surface area contributed by atoms with Gasteiger partial charge in [-0.25, -0.2) is 14.8 Å². The van der Waals surface area contributed by atoms with Gasteiger partial charge in [0.15, 0.2) is 0 Å². The van der Waals surface area contributed by atoms with Gasteiger partial charge in [-0.3, -0.25) is 4.90 Å². The summed E-state index contributed by atoms with van der Waals surface area (Å²) >= 11 is 0. The number of piperazine rings is 1. The Bertz CT molecular complexity index is 816. The summed E-state index contributed by atoms with van der Waals surface area (Å²) in [5.74, 6) is 0.786. The first-order valence-electron chi connectivity index (χ1n) is 10.9. The van der Waals surface area contributed by atoms with Crippen molar-refractivity contribution in [2.45, 2.75) is 39.5 Å². The molecule has 0 atom stereocenters. The fourth-order valence-corrected chi connectivity index (χ4v) is 3.33. The third-order valence-electron chi connectivity index (χ3n) is 5.04. The molecule has 0 radical (unpaired) electrons. The molecule has 1 saturated heterocycles. The Morgan fingerprint density at radius 3 is 2.45 bits per heavy atom. The lowest BCUT2D eigenvalue weighted by molar-refractivity contribution is -0.0149. The monoisotopic (exact) mass is 426 g/mol. The van der Waals surface area contributed by atoms with E-state index in [1.54, 1.807) is 12.4 Å². The van der Waals surface area contributed by atoms with E-state index in [1.807, 2.05) is 45.0 Å². The Morgan fingerprint density at radius 1 is 1.03 bits per heavy atom. The van der Waals surface area contributed by atoms with E-state index in [4.69, 9.17) is 4.74 Å². The number of carbonyl (C=O) groups excluding carboxylic acids is 1. The molecule has 0 aliphatic carbocycles. The predicted octanol–water partition coefficient (Wildman–Crippen LogP) is 2.41. The summed E-state index contributed by atoms with van der Waals surface area (Å²) in [4.78, 5) is 25.3. The van der Waals surface area contributed by atoms with E-state index in [-0.39, 0.29) is 11.6 Å². The van der Waals surface area contributed by atoms with Crippen LogP contribution in [0.3, 0.4) is 0 Å². The van der Waals surface area contributed by atoms with Gasteiger partial charge < -0.3 is 20.3 Å². The van der Waals surface area contributed by atoms with Gasteiger partial charge in [0.25, 0.3) is 0 Å². The van der Waals surface area contributed by atoms with Crippen LogP contribution in [0, 0.1) is 0 Å². The first-order chi connectivity index (χ1) is 14.9. The Balaban J connectivity index is 1.31. The Hall–Kier alpha value is -2.71. The van der Waals surface area contributed by atoms with E-state index in [0.717, 1.165) is 49.8 Å². The molecular formula is C23H34N6O2. The second-order valence-electron chi connectivity index (χ2n) is 8.71. The van der Waals surface area contributed by atoms with Crippen molar-refractivity contribution >= 4 is 12.0 Å². The molecule has 1 aromatic carbocycles. The molecule has 1 aliphatic rings. The molecule has 1 aliphatic heterocycles. The number of rotatable bonds is 8. The second-order valence-corrected chi connectivity index (χ2v) is 8.71. The number of benzene rings is 1. The minimum Gasteiger partial charge on any atom is -0.371 e. The van der Waals surface area contributed by atoms with Crippen LogP contribution in [0.5, 0.6) is 0 Å². The van der Waals surface area contributed by atoms with Gasteiger partial charge >= 0.3 is 6.03 Å². The smallest absolute Gasteiger partial charge is 0.315 e. The van der Waals surface area contributed by atoms with Gasteiger partial charge in [0.05, 0.1) is 12.2 Å². The van der Waals surface area contributed by atoms with E-state index < -0.39 is 0 Å². The number of aromatic nitrogens is 2. The quantitative estimate of drug-likeness (QED) is 0.675. The van der Waals surface area contributed by atoms with Gasteiger partial charge in [0.1, 0.15) is 0 Å². The zero-order chi connectivity index (χ0) is 22.1. The fraction of sp³-hybridized carbons (Fsp3) is 0.522. The number of hydrogen-bond donors (Lipinski definition) is 2. The van der Waals surface area contributed by atoms with E-state index >= 15 is 0 Å². The molecule has 0 saturated carbocycles. The van der Waals surface area contributed by atoms with Crippen LogP contribution in [-0.2, 0) is 17.9 Å². The highest BCUT2D eigenvalue weighted by Gasteiger charge is 2.18. The van der Waals surface area contributed by atoms with Crippen LogP contribution < -0.4 is 15.5 Å². The van der Waals surface area contributed by atoms with Crippen LogP contribution in [0.25, 0.3) is 0 Å². The number of hydrogen-bond acceptors (Lipinski definition) is 6. The molecule has 0 spiro atoms. The minimum atomic E-state index is -0.171. The molecule has 2 heterocycles. The largest absolute Gasteiger partial charge is 0.371 e. The molecule has 8 nitrogen and oxygen atoms in total. The summed E-state index contributed by atoms with van der Waals surface area (Å²) in [6.07, 6.45) is 3.54. The molecule has 1 fully saturated rings. The highest BCUT2D eigenvalue weighted by molar-refractivity contribution is 5.73. The van der Waals surface area contributed by atoms with E-state index in [2.05, 4.69) is 36.5 Å². The van der Waals surface area contributed by atoms with Gasteiger partial charge in [-0.2, -0.15) is 0 Å². The summed E-state index contributed by atoms with van der Waals surface area (Å²) in [5, 5.41) is 5.88. The molecule has 8 heteroatoms. The molecule has 0 bridgehead atoms. The predicted molar refractivity (Wildman–Crippen MR) is 122 cm³/mol. The number of anilines is 1. The summed E-state index contributed by atoms with van der Waals surface area (Å²) in [6, 6.07) is 9.80. The number of carbonyl (C=O) groups is 1. The topological polar surface area (TPSA) is 82.6 Å². The van der Waals surface area contributed by atoms with Crippen LogP contribution in [-0.4, -0.2) is 65.8 Å². The van der Waals surface area contributed by atoms with Crippen LogP contribution in [0.15, 0.2) is 42.7 Å². The molecule has 0 unspecified atom stereocenters. The molecule has 2 N–H and O–H groups in total. The standard InChI is InChI=1S/C23H34N6O2/c1-23(2,3)31-18-20-7-4-6-19(16-20)17-27-22(30)26-10-11-28-12-14-29(15-13-28)21-24-8-5-9-25-21/h4-9,16H,10-15,17-18H2,1-3H3,(H2,26,27,30). The zero-order valence-electron chi connectivity index (χ0n) is 18.8. The molecule has 2 aromatic rings. The van der Waals surface area contributed by atoms with E-state index in [1.165, 1.54) is 0 Å². The van der Waals surface area contributed by atoms with Crippen molar-refractivity contribution in [2.24, 2.45) is 0 Å². The van der Waals surface area contributed by atoms with Crippen LogP contribution in [0.1, 0.15) is 31.9 Å². The SMILES string of the molecule is CC(C)(C)OCc1cccc(CNC(=O)NCCN2CCN(c3ncccn3)CC2)c1. The van der Waals surface area contributed by atoms with Gasteiger partial charge in [0, 0.05) is 58.2 Å². The second kappa shape index (κ2) is 11.1. The molecule has 3 rings (SSSR count). The number of amides is 2. The van der Waals surface area contributed by atoms with E-state index in [9.17, 15) is 4.79 Å². The maximum absolute atomic E-state index is 12.1. The summed E-state index contributed by atoms with van der Waals surface area (Å²) in [5.41, 5.74) is 2.00. The summed E-state index contributed by atoms with van der Waals surface area (Å²) in [6.45, 7) is 12.3. The van der Waals surface area contributed by atoms with Crippen molar-refractivity contribution in [1.82, 2.24) is 25.5 Å². The highest BCUT2D eigenvalue weighted by Crippen LogP contribution is 2.13. The van der Waals surface area contributed by atoms with Gasteiger partial charge in [0.2, 0.25) is 5.95 Å².